The zero-order valence-corrected chi connectivity index (χ0v) is 9.66. The fourth-order valence-electron chi connectivity index (χ4n) is 1.83. The molecule has 1 aliphatic heterocycles. The van der Waals surface area contributed by atoms with Crippen LogP contribution in [0.2, 0.25) is 0 Å². The predicted octanol–water partition coefficient (Wildman–Crippen LogP) is 0.403. The van der Waals surface area contributed by atoms with Crippen molar-refractivity contribution < 1.29 is 19.4 Å². The van der Waals surface area contributed by atoms with E-state index in [4.69, 9.17) is 0 Å². The number of rotatable bonds is 2. The Morgan fingerprint density at radius 1 is 1.33 bits per heavy atom. The lowest BCUT2D eigenvalue weighted by molar-refractivity contribution is -0.125. The van der Waals surface area contributed by atoms with Gasteiger partial charge in [0.2, 0.25) is 5.91 Å². The van der Waals surface area contributed by atoms with Gasteiger partial charge in [0, 0.05) is 19.2 Å². The van der Waals surface area contributed by atoms with Crippen LogP contribution in [0.15, 0.2) is 30.3 Å². The van der Waals surface area contributed by atoms with Gasteiger partial charge in [0.25, 0.3) is 0 Å². The van der Waals surface area contributed by atoms with E-state index in [1.165, 1.54) is 29.2 Å². The van der Waals surface area contributed by atoms with E-state index in [9.17, 15) is 19.4 Å². The van der Waals surface area contributed by atoms with E-state index in [-0.39, 0.29) is 24.8 Å². The summed E-state index contributed by atoms with van der Waals surface area (Å²) in [6.07, 6.45) is 1.02. The summed E-state index contributed by atoms with van der Waals surface area (Å²) in [4.78, 5) is 13.1. The van der Waals surface area contributed by atoms with Crippen molar-refractivity contribution in [1.82, 2.24) is 4.90 Å². The van der Waals surface area contributed by atoms with Gasteiger partial charge in [-0.1, -0.05) is 12.1 Å². The maximum Gasteiger partial charge on any atom is 0.246 e. The Morgan fingerprint density at radius 2 is 2.00 bits per heavy atom. The molecular weight excluding hydrogens is 237 g/mol. The number of carbonyl (C=O) groups is 1. The van der Waals surface area contributed by atoms with Gasteiger partial charge in [-0.25, -0.2) is 4.39 Å². The highest BCUT2D eigenvalue weighted by Crippen LogP contribution is 2.11. The van der Waals surface area contributed by atoms with Crippen molar-refractivity contribution in [3.8, 4) is 0 Å². The number of likely N-dealkylation sites (tertiary alicyclic amines) is 1. The van der Waals surface area contributed by atoms with Crippen LogP contribution in [0.4, 0.5) is 4.39 Å². The normalized spacial score (nSPS) is 23.8. The second-order valence-electron chi connectivity index (χ2n) is 4.27. The number of carbonyl (C=O) groups excluding carboxylic acids is 1. The number of hydrogen-bond acceptors (Lipinski definition) is 3. The van der Waals surface area contributed by atoms with E-state index in [0.29, 0.717) is 5.56 Å². The second kappa shape index (κ2) is 5.29. The lowest BCUT2D eigenvalue weighted by Crippen LogP contribution is -2.27. The Morgan fingerprint density at radius 3 is 2.61 bits per heavy atom. The van der Waals surface area contributed by atoms with Crippen LogP contribution in [-0.2, 0) is 4.79 Å². The molecule has 96 valence electrons. The summed E-state index contributed by atoms with van der Waals surface area (Å²) in [5.74, 6) is -0.675. The minimum Gasteiger partial charge on any atom is -0.388 e. The molecule has 0 saturated carbocycles. The highest BCUT2D eigenvalue weighted by atomic mass is 19.1. The summed E-state index contributed by atoms with van der Waals surface area (Å²) in [6.45, 7) is 0.237. The van der Waals surface area contributed by atoms with E-state index < -0.39 is 12.2 Å². The molecule has 1 saturated heterocycles. The van der Waals surface area contributed by atoms with Crippen LogP contribution in [0.1, 0.15) is 5.56 Å². The first-order valence-electron chi connectivity index (χ1n) is 5.65. The first-order valence-corrected chi connectivity index (χ1v) is 5.65. The highest BCUT2D eigenvalue weighted by molar-refractivity contribution is 5.92. The number of β-amino-alcohol motifs (C(OH)–C–C–N with tert-alkyl or cyclic N) is 2. The first-order chi connectivity index (χ1) is 8.56. The molecule has 18 heavy (non-hydrogen) atoms. The molecule has 0 aromatic heterocycles. The first kappa shape index (κ1) is 12.7. The number of hydrogen-bond donors (Lipinski definition) is 2. The van der Waals surface area contributed by atoms with E-state index in [1.807, 2.05) is 0 Å². The largest absolute Gasteiger partial charge is 0.388 e. The molecule has 1 heterocycles. The Bertz CT molecular complexity index is 465. The zero-order valence-electron chi connectivity index (χ0n) is 9.66. The van der Waals surface area contributed by atoms with Gasteiger partial charge in [-0.3, -0.25) is 4.79 Å². The number of aliphatic hydroxyl groups is 2. The van der Waals surface area contributed by atoms with Crippen molar-refractivity contribution >= 4 is 12.0 Å². The number of benzene rings is 1. The lowest BCUT2D eigenvalue weighted by Gasteiger charge is -2.11. The van der Waals surface area contributed by atoms with Crippen LogP contribution in [0.3, 0.4) is 0 Å². The lowest BCUT2D eigenvalue weighted by atomic mass is 10.2. The van der Waals surface area contributed by atoms with Crippen LogP contribution in [0, 0.1) is 5.82 Å². The average molecular weight is 251 g/mol. The predicted molar refractivity (Wildman–Crippen MR) is 64.0 cm³/mol. The molecule has 1 fully saturated rings. The SMILES string of the molecule is O=C(C=Cc1cccc(F)c1)N1C[C@@H](O)[C@@H](O)C1. The molecule has 1 aromatic rings. The summed E-state index contributed by atoms with van der Waals surface area (Å²) in [7, 11) is 0. The number of aliphatic hydroxyl groups excluding tert-OH is 2. The fraction of sp³-hybridized carbons (Fsp3) is 0.308. The minimum absolute atomic E-state index is 0.119. The monoisotopic (exact) mass is 251 g/mol. The van der Waals surface area contributed by atoms with Crippen molar-refractivity contribution in [2.45, 2.75) is 12.2 Å². The molecule has 0 spiro atoms. The number of amides is 1. The summed E-state index contributed by atoms with van der Waals surface area (Å²) in [6, 6.07) is 5.88. The van der Waals surface area contributed by atoms with Crippen molar-refractivity contribution in [3.63, 3.8) is 0 Å². The molecule has 1 amide bonds. The van der Waals surface area contributed by atoms with Crippen LogP contribution in [-0.4, -0.2) is 46.3 Å². The van der Waals surface area contributed by atoms with E-state index in [1.54, 1.807) is 12.1 Å². The van der Waals surface area contributed by atoms with Crippen LogP contribution in [0.25, 0.3) is 6.08 Å². The molecular formula is C13H14FNO3. The van der Waals surface area contributed by atoms with E-state index in [0.717, 1.165) is 0 Å². The van der Waals surface area contributed by atoms with Crippen LogP contribution in [0.5, 0.6) is 0 Å². The summed E-state index contributed by atoms with van der Waals surface area (Å²) in [5.41, 5.74) is 0.587. The van der Waals surface area contributed by atoms with Gasteiger partial charge < -0.3 is 15.1 Å². The summed E-state index contributed by atoms with van der Waals surface area (Å²) in [5, 5.41) is 18.6. The van der Waals surface area contributed by atoms with Crippen molar-refractivity contribution in [1.29, 1.82) is 0 Å². The van der Waals surface area contributed by atoms with Crippen molar-refractivity contribution in [3.05, 3.63) is 41.7 Å². The third-order valence-electron chi connectivity index (χ3n) is 2.84. The molecule has 1 aliphatic rings. The van der Waals surface area contributed by atoms with E-state index >= 15 is 0 Å². The molecule has 5 heteroatoms. The molecule has 0 bridgehead atoms. The molecule has 2 rings (SSSR count). The van der Waals surface area contributed by atoms with Gasteiger partial charge in [0.15, 0.2) is 0 Å². The molecule has 4 nitrogen and oxygen atoms in total. The van der Waals surface area contributed by atoms with Gasteiger partial charge >= 0.3 is 0 Å². The number of nitrogens with zero attached hydrogens (tertiary/aromatic N) is 1. The Balaban J connectivity index is 1.99. The van der Waals surface area contributed by atoms with Gasteiger partial charge in [-0.15, -0.1) is 0 Å². The third-order valence-corrected chi connectivity index (χ3v) is 2.84. The van der Waals surface area contributed by atoms with Gasteiger partial charge in [-0.05, 0) is 23.8 Å². The van der Waals surface area contributed by atoms with Gasteiger partial charge in [-0.2, -0.15) is 0 Å². The van der Waals surface area contributed by atoms with E-state index in [2.05, 4.69) is 0 Å². The smallest absolute Gasteiger partial charge is 0.246 e. The van der Waals surface area contributed by atoms with Crippen molar-refractivity contribution in [2.24, 2.45) is 0 Å². The van der Waals surface area contributed by atoms with Gasteiger partial charge in [0.05, 0.1) is 12.2 Å². The minimum atomic E-state index is -0.892. The molecule has 0 radical (unpaired) electrons. The third kappa shape index (κ3) is 2.94. The van der Waals surface area contributed by atoms with Crippen LogP contribution < -0.4 is 0 Å². The Hall–Kier alpha value is -1.72. The maximum atomic E-state index is 12.9. The standard InChI is InChI=1S/C13H14FNO3/c14-10-3-1-2-9(6-10)4-5-13(18)15-7-11(16)12(17)8-15/h1-6,11-12,16-17H,7-8H2/t11-,12+. The fourth-order valence-corrected chi connectivity index (χ4v) is 1.83. The average Bonchev–Trinajstić information content (AvgIpc) is 2.67. The quantitative estimate of drug-likeness (QED) is 0.748. The second-order valence-corrected chi connectivity index (χ2v) is 4.27. The Kier molecular flexibility index (Phi) is 3.74. The molecule has 2 N–H and O–H groups in total. The topological polar surface area (TPSA) is 60.8 Å². The number of halogens is 1. The maximum absolute atomic E-state index is 12.9. The zero-order chi connectivity index (χ0) is 13.1. The summed E-state index contributed by atoms with van der Waals surface area (Å²) >= 11 is 0. The molecule has 1 aromatic carbocycles. The van der Waals surface area contributed by atoms with Gasteiger partial charge in [0.1, 0.15) is 5.82 Å². The van der Waals surface area contributed by atoms with Crippen LogP contribution >= 0.6 is 0 Å². The summed E-state index contributed by atoms with van der Waals surface area (Å²) < 4.78 is 12.9. The Labute approximate surface area is 104 Å². The highest BCUT2D eigenvalue weighted by Gasteiger charge is 2.31. The molecule has 2 atom stereocenters. The molecule has 0 aliphatic carbocycles. The van der Waals surface area contributed by atoms with Crippen molar-refractivity contribution in [2.75, 3.05) is 13.1 Å². The molecule has 0 unspecified atom stereocenters.